The van der Waals surface area contributed by atoms with Gasteiger partial charge in [0, 0.05) is 30.4 Å². The Morgan fingerprint density at radius 3 is 2.75 bits per heavy atom. The number of nitrogens with zero attached hydrogens (tertiary/aromatic N) is 4. The van der Waals surface area contributed by atoms with Gasteiger partial charge in [0.05, 0.1) is 22.8 Å². The van der Waals surface area contributed by atoms with Crippen LogP contribution >= 0.6 is 0 Å². The van der Waals surface area contributed by atoms with Gasteiger partial charge in [-0.3, -0.25) is 9.48 Å². The van der Waals surface area contributed by atoms with Crippen molar-refractivity contribution in [3.05, 3.63) is 48.3 Å². The van der Waals surface area contributed by atoms with Crippen molar-refractivity contribution >= 4 is 21.9 Å². The van der Waals surface area contributed by atoms with Gasteiger partial charge in [0.15, 0.2) is 0 Å². The molecule has 3 heterocycles. The van der Waals surface area contributed by atoms with Crippen LogP contribution in [0.5, 0.6) is 5.88 Å². The summed E-state index contributed by atoms with van der Waals surface area (Å²) in [5.74, 6) is -0.0134. The molecule has 0 radical (unpaired) electrons. The number of rotatable bonds is 3. The highest BCUT2D eigenvalue weighted by Gasteiger charge is 2.23. The predicted octanol–water partition coefficient (Wildman–Crippen LogP) is 2.21. The molecule has 168 valence electrons. The second-order valence-electron chi connectivity index (χ2n) is 8.06. The SMILES string of the molecule is CC(C)C[C@@H]1COc2cc(-c3cnn(C)c3)nc(n2)NS(=O)(=O)c2cccc(c2)C(=O)N1. The van der Waals surface area contributed by atoms with E-state index in [0.29, 0.717) is 23.6 Å². The minimum atomic E-state index is -4.04. The van der Waals surface area contributed by atoms with Crippen LogP contribution in [-0.2, 0) is 17.1 Å². The van der Waals surface area contributed by atoms with E-state index in [1.165, 1.54) is 18.2 Å². The van der Waals surface area contributed by atoms with E-state index in [9.17, 15) is 13.2 Å². The summed E-state index contributed by atoms with van der Waals surface area (Å²) < 4.78 is 35.8. The van der Waals surface area contributed by atoms with Crippen LogP contribution in [0, 0.1) is 5.92 Å². The van der Waals surface area contributed by atoms with Gasteiger partial charge in [0.2, 0.25) is 11.8 Å². The second-order valence-corrected chi connectivity index (χ2v) is 9.74. The van der Waals surface area contributed by atoms with Gasteiger partial charge in [-0.1, -0.05) is 19.9 Å². The molecule has 0 aliphatic carbocycles. The highest BCUT2D eigenvalue weighted by molar-refractivity contribution is 7.92. The molecule has 1 aliphatic rings. The Bertz CT molecular complexity index is 1250. The smallest absolute Gasteiger partial charge is 0.264 e. The van der Waals surface area contributed by atoms with Crippen molar-refractivity contribution in [1.29, 1.82) is 0 Å². The second kappa shape index (κ2) is 8.58. The number of fused-ring (bicyclic) bond motifs is 4. The van der Waals surface area contributed by atoms with Crippen molar-refractivity contribution in [3.63, 3.8) is 0 Å². The lowest BCUT2D eigenvalue weighted by atomic mass is 10.0. The van der Waals surface area contributed by atoms with Crippen LogP contribution in [0.2, 0.25) is 0 Å². The molecule has 1 amide bonds. The molecule has 0 spiro atoms. The van der Waals surface area contributed by atoms with E-state index < -0.39 is 10.0 Å². The Labute approximate surface area is 186 Å². The number of aromatic nitrogens is 4. The van der Waals surface area contributed by atoms with E-state index in [-0.39, 0.29) is 40.8 Å². The van der Waals surface area contributed by atoms with Crippen molar-refractivity contribution in [3.8, 4) is 17.1 Å². The minimum absolute atomic E-state index is 0.0670. The number of carbonyl (C=O) groups is 1. The van der Waals surface area contributed by atoms with Gasteiger partial charge in [0.1, 0.15) is 6.61 Å². The number of hydrogen-bond donors (Lipinski definition) is 2. The van der Waals surface area contributed by atoms with Crippen LogP contribution in [0.4, 0.5) is 5.95 Å². The third-order valence-electron chi connectivity index (χ3n) is 4.86. The lowest BCUT2D eigenvalue weighted by molar-refractivity contribution is 0.0913. The predicted molar refractivity (Wildman–Crippen MR) is 118 cm³/mol. The molecule has 0 unspecified atom stereocenters. The third kappa shape index (κ3) is 4.88. The highest BCUT2D eigenvalue weighted by Crippen LogP contribution is 2.24. The van der Waals surface area contributed by atoms with Crippen LogP contribution in [0.3, 0.4) is 0 Å². The summed E-state index contributed by atoms with van der Waals surface area (Å²) >= 11 is 0. The molecule has 1 aromatic carbocycles. The van der Waals surface area contributed by atoms with E-state index in [1.807, 2.05) is 13.8 Å². The number of ether oxygens (including phenoxy) is 1. The van der Waals surface area contributed by atoms with Gasteiger partial charge in [-0.15, -0.1) is 0 Å². The zero-order chi connectivity index (χ0) is 22.9. The van der Waals surface area contributed by atoms with Crippen molar-refractivity contribution in [2.45, 2.75) is 31.2 Å². The fraction of sp³-hybridized carbons (Fsp3) is 0.333. The fourth-order valence-electron chi connectivity index (χ4n) is 3.42. The maximum Gasteiger partial charge on any atom is 0.264 e. The first-order valence-electron chi connectivity index (χ1n) is 10.1. The van der Waals surface area contributed by atoms with Crippen molar-refractivity contribution in [1.82, 2.24) is 25.1 Å². The number of aryl methyl sites for hydroxylation is 1. The van der Waals surface area contributed by atoms with E-state index in [2.05, 4.69) is 25.1 Å². The molecule has 0 saturated heterocycles. The lowest BCUT2D eigenvalue weighted by Gasteiger charge is -2.21. The first kappa shape index (κ1) is 21.8. The Hall–Kier alpha value is -3.47. The fourth-order valence-corrected chi connectivity index (χ4v) is 4.41. The third-order valence-corrected chi connectivity index (χ3v) is 6.18. The van der Waals surface area contributed by atoms with Gasteiger partial charge < -0.3 is 10.1 Å². The maximum absolute atomic E-state index is 13.0. The summed E-state index contributed by atoms with van der Waals surface area (Å²) in [6.45, 7) is 4.26. The highest BCUT2D eigenvalue weighted by atomic mass is 32.2. The quantitative estimate of drug-likeness (QED) is 0.618. The van der Waals surface area contributed by atoms with Gasteiger partial charge >= 0.3 is 0 Å². The summed E-state index contributed by atoms with van der Waals surface area (Å²) in [5, 5.41) is 7.08. The minimum Gasteiger partial charge on any atom is -0.475 e. The number of anilines is 1. The summed E-state index contributed by atoms with van der Waals surface area (Å²) in [6, 6.07) is 7.15. The van der Waals surface area contributed by atoms with E-state index >= 15 is 0 Å². The summed E-state index contributed by atoms with van der Waals surface area (Å²) in [5.41, 5.74) is 1.37. The number of hydrogen-bond acceptors (Lipinski definition) is 7. The molecule has 1 atom stereocenters. The molecule has 0 fully saturated rings. The first-order valence-corrected chi connectivity index (χ1v) is 11.6. The normalized spacial score (nSPS) is 17.9. The largest absolute Gasteiger partial charge is 0.475 e. The molecule has 4 rings (SSSR count). The Morgan fingerprint density at radius 2 is 2.03 bits per heavy atom. The van der Waals surface area contributed by atoms with Crippen LogP contribution in [0.1, 0.15) is 30.6 Å². The van der Waals surface area contributed by atoms with Crippen molar-refractivity contribution in [2.24, 2.45) is 13.0 Å². The lowest BCUT2D eigenvalue weighted by Crippen LogP contribution is -2.40. The number of nitrogens with one attached hydrogen (secondary N) is 2. The molecule has 1 aliphatic heterocycles. The molecular formula is C21H24N6O4S. The van der Waals surface area contributed by atoms with E-state index in [0.717, 1.165) is 0 Å². The molecule has 2 aromatic heterocycles. The van der Waals surface area contributed by atoms with Gasteiger partial charge in [-0.25, -0.2) is 18.1 Å². The Morgan fingerprint density at radius 1 is 1.22 bits per heavy atom. The first-order chi connectivity index (χ1) is 15.2. The monoisotopic (exact) mass is 456 g/mol. The molecule has 11 heteroatoms. The van der Waals surface area contributed by atoms with Gasteiger partial charge in [-0.2, -0.15) is 10.1 Å². The van der Waals surface area contributed by atoms with E-state index in [1.54, 1.807) is 36.3 Å². The topological polar surface area (TPSA) is 128 Å². The summed E-state index contributed by atoms with van der Waals surface area (Å²) in [7, 11) is -2.27. The van der Waals surface area contributed by atoms with Crippen molar-refractivity contribution < 1.29 is 17.9 Å². The molecular weight excluding hydrogens is 432 g/mol. The van der Waals surface area contributed by atoms with Crippen molar-refractivity contribution in [2.75, 3.05) is 11.3 Å². The molecule has 3 aromatic rings. The van der Waals surface area contributed by atoms with E-state index in [4.69, 9.17) is 4.74 Å². The molecule has 0 saturated carbocycles. The Balaban J connectivity index is 1.81. The summed E-state index contributed by atoms with van der Waals surface area (Å²) in [4.78, 5) is 21.3. The number of benzene rings is 1. The van der Waals surface area contributed by atoms with Crippen LogP contribution in [0.15, 0.2) is 47.6 Å². The van der Waals surface area contributed by atoms with Gasteiger partial charge in [0.25, 0.3) is 15.9 Å². The number of amides is 1. The molecule has 2 N–H and O–H groups in total. The average molecular weight is 457 g/mol. The Kier molecular flexibility index (Phi) is 5.83. The van der Waals surface area contributed by atoms with Crippen LogP contribution in [-0.4, -0.2) is 46.7 Å². The average Bonchev–Trinajstić information content (AvgIpc) is 3.17. The van der Waals surface area contributed by atoms with Crippen LogP contribution in [0.25, 0.3) is 11.3 Å². The van der Waals surface area contributed by atoms with Crippen LogP contribution < -0.4 is 14.8 Å². The standard InChI is InChI=1S/C21H24N6O4S/c1-13(2)7-16-12-31-19-9-18(15-10-22-27(3)11-15)24-21(25-19)26-32(29,30)17-6-4-5-14(8-17)20(28)23-16/h4-6,8-11,13,16H,7,12H2,1-3H3,(H,23,28)(H,24,25,26)/t16-/m1/s1. The molecule has 10 nitrogen and oxygen atoms in total. The zero-order valence-corrected chi connectivity index (χ0v) is 18.8. The van der Waals surface area contributed by atoms with Gasteiger partial charge in [-0.05, 0) is 30.5 Å². The number of sulfonamides is 1. The summed E-state index contributed by atoms with van der Waals surface area (Å²) in [6.07, 6.45) is 4.04. The number of carbonyl (C=O) groups excluding carboxylic acids is 1. The maximum atomic E-state index is 13.0. The zero-order valence-electron chi connectivity index (χ0n) is 17.9. The molecule has 32 heavy (non-hydrogen) atoms. The molecule has 4 bridgehead atoms.